The molecule has 1 amide bonds. The van der Waals surface area contributed by atoms with Gasteiger partial charge in [-0.15, -0.1) is 10.2 Å². The normalized spacial score (nSPS) is 12.0. The fraction of sp³-hybridized carbons (Fsp3) is 0.136. The number of rotatable bonds is 7. The average molecular weight is 446 g/mol. The first kappa shape index (κ1) is 20.0. The van der Waals surface area contributed by atoms with Crippen molar-refractivity contribution in [2.45, 2.75) is 13.1 Å². The van der Waals surface area contributed by atoms with E-state index in [1.807, 2.05) is 42.6 Å². The Balaban J connectivity index is 1.28. The van der Waals surface area contributed by atoms with Crippen molar-refractivity contribution in [1.82, 2.24) is 20.0 Å². The molecule has 10 heteroatoms. The Morgan fingerprint density at radius 3 is 3.00 bits per heavy atom. The van der Waals surface area contributed by atoms with Crippen molar-refractivity contribution >= 4 is 40.0 Å². The molecule has 2 aromatic carbocycles. The molecule has 1 aliphatic rings. The molecule has 0 bridgehead atoms. The van der Waals surface area contributed by atoms with E-state index in [1.54, 1.807) is 6.20 Å². The molecule has 0 aliphatic carbocycles. The zero-order valence-electron chi connectivity index (χ0n) is 16.9. The fourth-order valence-corrected chi connectivity index (χ4v) is 4.09. The van der Waals surface area contributed by atoms with Crippen LogP contribution in [-0.4, -0.2) is 43.8 Å². The number of benzene rings is 2. The third kappa shape index (κ3) is 4.27. The Bertz CT molecular complexity index is 1310. The number of fused-ring (bicyclic) bond motifs is 1. The monoisotopic (exact) mass is 445 g/mol. The summed E-state index contributed by atoms with van der Waals surface area (Å²) in [6.07, 6.45) is 4.95. The minimum absolute atomic E-state index is 0.0375. The van der Waals surface area contributed by atoms with Gasteiger partial charge >= 0.3 is 0 Å². The molecular formula is C22H19N7O2S. The minimum Gasteiger partial charge on any atom is -0.394 e. The molecule has 4 aromatic rings. The molecule has 9 nitrogen and oxygen atoms in total. The lowest BCUT2D eigenvalue weighted by Crippen LogP contribution is -2.11. The van der Waals surface area contributed by atoms with Crippen molar-refractivity contribution in [2.24, 2.45) is 4.99 Å². The lowest BCUT2D eigenvalue weighted by molar-refractivity contribution is 0.102. The van der Waals surface area contributed by atoms with Crippen molar-refractivity contribution in [2.75, 3.05) is 17.2 Å². The van der Waals surface area contributed by atoms with Gasteiger partial charge in [0.05, 0.1) is 31.5 Å². The molecule has 2 aromatic heterocycles. The molecule has 3 N–H and O–H groups in total. The van der Waals surface area contributed by atoms with E-state index in [0.29, 0.717) is 22.9 Å². The molecule has 3 heterocycles. The van der Waals surface area contributed by atoms with Gasteiger partial charge in [0.25, 0.3) is 5.91 Å². The second kappa shape index (κ2) is 8.69. The molecule has 1 aliphatic heterocycles. The number of aromatic nitrogens is 4. The quantitative estimate of drug-likeness (QED) is 0.402. The van der Waals surface area contributed by atoms with Crippen molar-refractivity contribution in [3.63, 3.8) is 0 Å². The molecule has 160 valence electrons. The van der Waals surface area contributed by atoms with Crippen LogP contribution in [0.15, 0.2) is 59.9 Å². The Labute approximate surface area is 187 Å². The summed E-state index contributed by atoms with van der Waals surface area (Å²) in [5.74, 6) is -0.272. The lowest BCUT2D eigenvalue weighted by atomic mass is 10.1. The highest BCUT2D eigenvalue weighted by molar-refractivity contribution is 7.18. The number of nitrogens with zero attached hydrogens (tertiary/aromatic N) is 5. The Kier molecular flexibility index (Phi) is 5.44. The first-order valence-corrected chi connectivity index (χ1v) is 10.8. The van der Waals surface area contributed by atoms with Crippen LogP contribution in [0.25, 0.3) is 10.6 Å². The lowest BCUT2D eigenvalue weighted by Gasteiger charge is -2.05. The first-order chi connectivity index (χ1) is 15.7. The number of anilines is 3. The van der Waals surface area contributed by atoms with Gasteiger partial charge in [-0.3, -0.25) is 14.5 Å². The van der Waals surface area contributed by atoms with Crippen LogP contribution in [-0.2, 0) is 13.1 Å². The Morgan fingerprint density at radius 1 is 1.16 bits per heavy atom. The van der Waals surface area contributed by atoms with E-state index in [-0.39, 0.29) is 12.5 Å². The van der Waals surface area contributed by atoms with Gasteiger partial charge in [0.15, 0.2) is 0 Å². The number of aliphatic imine (C=N–C) groups is 1. The van der Waals surface area contributed by atoms with E-state index in [9.17, 15) is 4.79 Å². The van der Waals surface area contributed by atoms with Gasteiger partial charge < -0.3 is 15.7 Å². The van der Waals surface area contributed by atoms with Gasteiger partial charge in [-0.25, -0.2) is 0 Å². The second-order valence-corrected chi connectivity index (χ2v) is 8.15. The van der Waals surface area contributed by atoms with Crippen LogP contribution >= 0.6 is 11.3 Å². The average Bonchev–Trinajstić information content (AvgIpc) is 3.55. The smallest absolute Gasteiger partial charge is 0.258 e. The number of aliphatic hydroxyl groups is 1. The highest BCUT2D eigenvalue weighted by Gasteiger charge is 2.12. The SMILES string of the molecule is O=C(Nc1cccc(-c2nnc(Nc3ccc4c(c3)C=NC4)s2)c1)c1cnn(CCO)c1. The second-order valence-electron chi connectivity index (χ2n) is 7.17. The minimum atomic E-state index is -0.272. The number of hydrogen-bond acceptors (Lipinski definition) is 8. The summed E-state index contributed by atoms with van der Waals surface area (Å²) in [5, 5.41) is 29.1. The van der Waals surface area contributed by atoms with Crippen molar-refractivity contribution in [1.29, 1.82) is 0 Å². The maximum Gasteiger partial charge on any atom is 0.258 e. The third-order valence-electron chi connectivity index (χ3n) is 4.91. The summed E-state index contributed by atoms with van der Waals surface area (Å²) in [6, 6.07) is 13.6. The number of carbonyl (C=O) groups is 1. The Morgan fingerprint density at radius 2 is 2.09 bits per heavy atom. The molecule has 0 spiro atoms. The summed E-state index contributed by atoms with van der Waals surface area (Å²) in [5.41, 5.74) is 5.18. The maximum atomic E-state index is 12.5. The molecule has 0 atom stereocenters. The van der Waals surface area contributed by atoms with Crippen LogP contribution in [0.3, 0.4) is 0 Å². The van der Waals surface area contributed by atoms with Gasteiger partial charge in [0, 0.05) is 29.3 Å². The standard InChI is InChI=1S/C22H19N7O2S/c30-7-6-29-13-17(12-24-29)20(31)25-18-3-1-2-14(8-18)21-27-28-22(32-21)26-19-5-4-15-10-23-11-16(15)9-19/h1-5,8-9,11-13,30H,6-7,10H2,(H,25,31)(H,26,28). The number of amides is 1. The predicted molar refractivity (Wildman–Crippen MR) is 124 cm³/mol. The van der Waals surface area contributed by atoms with E-state index < -0.39 is 0 Å². The zero-order valence-corrected chi connectivity index (χ0v) is 17.7. The van der Waals surface area contributed by atoms with E-state index in [1.165, 1.54) is 27.8 Å². The van der Waals surface area contributed by atoms with Crippen LogP contribution in [0.1, 0.15) is 21.5 Å². The van der Waals surface area contributed by atoms with Crippen LogP contribution in [0.2, 0.25) is 0 Å². The van der Waals surface area contributed by atoms with Crippen molar-refractivity contribution in [3.05, 3.63) is 71.5 Å². The van der Waals surface area contributed by atoms with Gasteiger partial charge in [0.1, 0.15) is 5.01 Å². The molecule has 5 rings (SSSR count). The predicted octanol–water partition coefficient (Wildman–Crippen LogP) is 3.32. The molecule has 0 unspecified atom stereocenters. The number of carbonyl (C=O) groups excluding carboxylic acids is 1. The number of aliphatic hydroxyl groups excluding tert-OH is 1. The summed E-state index contributed by atoms with van der Waals surface area (Å²) in [4.78, 5) is 16.8. The fourth-order valence-electron chi connectivity index (χ4n) is 3.33. The van der Waals surface area contributed by atoms with Crippen LogP contribution in [0, 0.1) is 0 Å². The third-order valence-corrected chi connectivity index (χ3v) is 5.79. The van der Waals surface area contributed by atoms with Crippen LogP contribution in [0.4, 0.5) is 16.5 Å². The van der Waals surface area contributed by atoms with E-state index in [2.05, 4.69) is 37.0 Å². The summed E-state index contributed by atoms with van der Waals surface area (Å²) >= 11 is 1.43. The summed E-state index contributed by atoms with van der Waals surface area (Å²) in [7, 11) is 0. The van der Waals surface area contributed by atoms with Crippen molar-refractivity contribution < 1.29 is 9.90 Å². The van der Waals surface area contributed by atoms with Gasteiger partial charge in [-0.05, 0) is 35.4 Å². The zero-order chi connectivity index (χ0) is 21.9. The van der Waals surface area contributed by atoms with E-state index >= 15 is 0 Å². The molecule has 0 radical (unpaired) electrons. The topological polar surface area (TPSA) is 117 Å². The summed E-state index contributed by atoms with van der Waals surface area (Å²) < 4.78 is 1.52. The molecule has 0 fully saturated rings. The van der Waals surface area contributed by atoms with E-state index in [4.69, 9.17) is 5.11 Å². The molecular weight excluding hydrogens is 426 g/mol. The first-order valence-electron chi connectivity index (χ1n) is 9.96. The molecule has 0 saturated carbocycles. The largest absolute Gasteiger partial charge is 0.394 e. The number of hydrogen-bond donors (Lipinski definition) is 3. The van der Waals surface area contributed by atoms with Crippen LogP contribution in [0.5, 0.6) is 0 Å². The highest BCUT2D eigenvalue weighted by atomic mass is 32.1. The van der Waals surface area contributed by atoms with Gasteiger partial charge in [-0.2, -0.15) is 5.10 Å². The highest BCUT2D eigenvalue weighted by Crippen LogP contribution is 2.30. The van der Waals surface area contributed by atoms with E-state index in [0.717, 1.165) is 28.4 Å². The molecule has 0 saturated heterocycles. The Hall–Kier alpha value is -3.89. The number of nitrogens with one attached hydrogen (secondary N) is 2. The maximum absolute atomic E-state index is 12.5. The van der Waals surface area contributed by atoms with Crippen molar-refractivity contribution in [3.8, 4) is 10.6 Å². The van der Waals surface area contributed by atoms with Gasteiger partial charge in [-0.1, -0.05) is 29.5 Å². The van der Waals surface area contributed by atoms with Crippen LogP contribution < -0.4 is 10.6 Å². The van der Waals surface area contributed by atoms with Gasteiger partial charge in [0.2, 0.25) is 5.13 Å². The summed E-state index contributed by atoms with van der Waals surface area (Å²) in [6.45, 7) is 1.04. The molecule has 32 heavy (non-hydrogen) atoms.